The summed E-state index contributed by atoms with van der Waals surface area (Å²) in [5, 5.41) is 10.1. The zero-order valence-electron chi connectivity index (χ0n) is 18.4. The number of aryl methyl sites for hydroxylation is 1. The molecule has 19 heteroatoms. The quantitative estimate of drug-likeness (QED) is 0.251. The van der Waals surface area contributed by atoms with Gasteiger partial charge in [-0.25, -0.2) is 18.5 Å². The minimum Gasteiger partial charge on any atom is -0.393 e. The zero-order chi connectivity index (χ0) is 25.3. The van der Waals surface area contributed by atoms with Gasteiger partial charge in [-0.15, -0.1) is 0 Å². The van der Waals surface area contributed by atoms with Crippen molar-refractivity contribution < 1.29 is 50.0 Å². The van der Waals surface area contributed by atoms with E-state index in [9.17, 15) is 28.4 Å². The van der Waals surface area contributed by atoms with Gasteiger partial charge in [-0.3, -0.25) is 32.4 Å². The molecular weight excluding hydrogens is 511 g/mol. The molecule has 16 nitrogen and oxygen atoms in total. The topological polar surface area (TPSA) is 217 Å². The maximum atomic E-state index is 12.6. The molecular formula is C14H28N3O13P3. The second-order valence-corrected chi connectivity index (χ2v) is 11.8. The molecule has 1 rings (SSSR count). The van der Waals surface area contributed by atoms with Crippen molar-refractivity contribution in [2.75, 3.05) is 35.0 Å². The van der Waals surface area contributed by atoms with E-state index >= 15 is 0 Å². The molecule has 0 spiro atoms. The largest absolute Gasteiger partial charge is 0.492 e. The molecule has 0 aliphatic carbocycles. The highest BCUT2D eigenvalue weighted by Crippen LogP contribution is 2.72. The molecule has 192 valence electrons. The van der Waals surface area contributed by atoms with Crippen molar-refractivity contribution in [1.29, 1.82) is 0 Å². The van der Waals surface area contributed by atoms with Gasteiger partial charge in [0, 0.05) is 53.3 Å². The number of phosphoric ester groups is 2. The smallest absolute Gasteiger partial charge is 0.393 e. The number of hydrogen-bond donors (Lipinski definition) is 3. The molecule has 0 aromatic carbocycles. The zero-order valence-corrected chi connectivity index (χ0v) is 21.1. The number of nitrogens with two attached hydrogens (primary N) is 1. The number of nitrogens with zero attached hydrogens (tertiary/aromatic N) is 1. The predicted molar refractivity (Wildman–Crippen MR) is 113 cm³/mol. The number of nitrogens with one attached hydrogen (secondary N) is 1. The summed E-state index contributed by atoms with van der Waals surface area (Å²) in [5.74, 6) is 0. The lowest BCUT2D eigenvalue weighted by Gasteiger charge is -2.23. The lowest BCUT2D eigenvalue weighted by molar-refractivity contribution is 0.103. The third kappa shape index (κ3) is 9.29. The van der Waals surface area contributed by atoms with Gasteiger partial charge in [0.2, 0.25) is 0 Å². The summed E-state index contributed by atoms with van der Waals surface area (Å²) >= 11 is 0. The Hall–Kier alpha value is -0.990. The molecule has 33 heavy (non-hydrogen) atoms. The highest BCUT2D eigenvalue weighted by atomic mass is 31.3. The minimum atomic E-state index is -4.79. The van der Waals surface area contributed by atoms with Crippen molar-refractivity contribution in [3.63, 3.8) is 0 Å². The summed E-state index contributed by atoms with van der Waals surface area (Å²) in [6, 6.07) is 0. The Labute approximate surface area is 189 Å². The SMILES string of the molecule is COP(=O)(OC)OP(=O)(OC)OP(=O)(OC)OCCC(O)CCn1cc(CN)c(=O)[nH]c1=O. The second-order valence-electron chi connectivity index (χ2n) is 6.11. The Morgan fingerprint density at radius 2 is 1.52 bits per heavy atom. The second kappa shape index (κ2) is 13.2. The average Bonchev–Trinajstić information content (AvgIpc) is 2.78. The van der Waals surface area contributed by atoms with Crippen molar-refractivity contribution in [3.05, 3.63) is 32.6 Å². The van der Waals surface area contributed by atoms with E-state index in [4.69, 9.17) is 14.6 Å². The van der Waals surface area contributed by atoms with E-state index in [1.807, 2.05) is 0 Å². The molecule has 0 radical (unpaired) electrons. The molecule has 1 heterocycles. The van der Waals surface area contributed by atoms with Gasteiger partial charge in [0.15, 0.2) is 0 Å². The van der Waals surface area contributed by atoms with Gasteiger partial charge in [0.1, 0.15) is 0 Å². The molecule has 0 aliphatic heterocycles. The Balaban J connectivity index is 2.69. The molecule has 0 aliphatic rings. The molecule has 1 aromatic heterocycles. The molecule has 0 amide bonds. The summed E-state index contributed by atoms with van der Waals surface area (Å²) in [7, 11) is -10.1. The maximum absolute atomic E-state index is 12.6. The van der Waals surface area contributed by atoms with Gasteiger partial charge >= 0.3 is 29.2 Å². The van der Waals surface area contributed by atoms with Crippen molar-refractivity contribution >= 4 is 23.5 Å². The first-order valence-corrected chi connectivity index (χ1v) is 13.6. The van der Waals surface area contributed by atoms with Crippen molar-refractivity contribution in [1.82, 2.24) is 9.55 Å². The van der Waals surface area contributed by atoms with E-state index in [2.05, 4.69) is 27.4 Å². The number of aliphatic hydroxyl groups is 1. The lowest BCUT2D eigenvalue weighted by Crippen LogP contribution is -2.33. The van der Waals surface area contributed by atoms with Crippen LogP contribution in [0.4, 0.5) is 0 Å². The first-order chi connectivity index (χ1) is 15.4. The summed E-state index contributed by atoms with van der Waals surface area (Å²) < 4.78 is 70.6. The fourth-order valence-corrected chi connectivity index (χ4v) is 6.63. The minimum absolute atomic E-state index is 0.0399. The molecule has 3 unspecified atom stereocenters. The van der Waals surface area contributed by atoms with Gasteiger partial charge < -0.3 is 15.4 Å². The molecule has 4 N–H and O–H groups in total. The van der Waals surface area contributed by atoms with Crippen LogP contribution in [0.15, 0.2) is 15.8 Å². The van der Waals surface area contributed by atoms with Crippen molar-refractivity contribution in [2.45, 2.75) is 32.0 Å². The Morgan fingerprint density at radius 1 is 0.970 bits per heavy atom. The van der Waals surface area contributed by atoms with Crippen LogP contribution in [0.3, 0.4) is 0 Å². The fourth-order valence-electron chi connectivity index (χ4n) is 2.18. The van der Waals surface area contributed by atoms with E-state index in [0.717, 1.165) is 28.4 Å². The van der Waals surface area contributed by atoms with E-state index in [-0.39, 0.29) is 31.5 Å². The number of rotatable bonds is 16. The lowest BCUT2D eigenvalue weighted by atomic mass is 10.2. The molecule has 3 atom stereocenters. The number of aromatic amines is 1. The Bertz CT molecular complexity index is 1020. The van der Waals surface area contributed by atoms with Gasteiger partial charge in [0.25, 0.3) is 5.56 Å². The fraction of sp³-hybridized carbons (Fsp3) is 0.714. The Morgan fingerprint density at radius 3 is 2.03 bits per heavy atom. The van der Waals surface area contributed by atoms with E-state index in [1.54, 1.807) is 0 Å². The van der Waals surface area contributed by atoms with Crippen molar-refractivity contribution in [2.24, 2.45) is 5.73 Å². The van der Waals surface area contributed by atoms with Crippen LogP contribution in [-0.2, 0) is 58.0 Å². The summed E-state index contributed by atoms with van der Waals surface area (Å²) in [5.41, 5.74) is 4.37. The number of H-pyrrole nitrogens is 1. The van der Waals surface area contributed by atoms with Crippen molar-refractivity contribution in [3.8, 4) is 0 Å². The van der Waals surface area contributed by atoms with Crippen LogP contribution >= 0.6 is 23.5 Å². The number of phosphoric acid groups is 3. The molecule has 0 saturated carbocycles. The Kier molecular flexibility index (Phi) is 12.0. The standard InChI is InChI=1S/C14H28N3O13P3/c1-24-31(21,25-2)29-33(23,27-4)30-32(22,26-3)28-8-6-12(18)5-7-17-10-11(9-15)13(19)16-14(17)20/h10,12,18H,5-9,15H2,1-4H3,(H,16,19,20). The third-order valence-electron chi connectivity index (χ3n) is 4.00. The highest BCUT2D eigenvalue weighted by molar-refractivity contribution is 7.67. The molecule has 1 aromatic rings. The van der Waals surface area contributed by atoms with Crippen LogP contribution < -0.4 is 17.0 Å². The van der Waals surface area contributed by atoms with Crippen LogP contribution in [-0.4, -0.2) is 55.8 Å². The van der Waals surface area contributed by atoms with Gasteiger partial charge in [-0.05, 0) is 12.8 Å². The summed E-state index contributed by atoms with van der Waals surface area (Å²) in [6.45, 7) is -0.438. The van der Waals surface area contributed by atoms with Crippen LogP contribution in [0.2, 0.25) is 0 Å². The highest BCUT2D eigenvalue weighted by Gasteiger charge is 2.45. The van der Waals surface area contributed by atoms with Crippen LogP contribution in [0, 0.1) is 0 Å². The van der Waals surface area contributed by atoms with Crippen LogP contribution in [0.25, 0.3) is 0 Å². The summed E-state index contributed by atoms with van der Waals surface area (Å²) in [6.07, 6.45) is 0.203. The number of aromatic nitrogens is 2. The van der Waals surface area contributed by atoms with E-state index in [0.29, 0.717) is 0 Å². The monoisotopic (exact) mass is 539 g/mol. The maximum Gasteiger partial charge on any atom is 0.492 e. The third-order valence-corrected chi connectivity index (χ3v) is 9.49. The van der Waals surface area contributed by atoms with Gasteiger partial charge in [-0.2, -0.15) is 8.62 Å². The molecule has 0 fully saturated rings. The van der Waals surface area contributed by atoms with Gasteiger partial charge in [0.05, 0.1) is 12.7 Å². The normalized spacial score (nSPS) is 16.8. The first-order valence-electron chi connectivity index (χ1n) is 9.19. The number of hydrogen-bond acceptors (Lipinski definition) is 14. The van der Waals surface area contributed by atoms with E-state index < -0.39 is 47.4 Å². The number of aliphatic hydroxyl groups excluding tert-OH is 1. The van der Waals surface area contributed by atoms with Crippen LogP contribution in [0.5, 0.6) is 0 Å². The summed E-state index contributed by atoms with van der Waals surface area (Å²) in [4.78, 5) is 25.4. The molecule has 0 saturated heterocycles. The average molecular weight is 539 g/mol. The molecule has 0 bridgehead atoms. The first kappa shape index (κ1) is 30.0. The van der Waals surface area contributed by atoms with E-state index in [1.165, 1.54) is 10.8 Å². The van der Waals surface area contributed by atoms with Crippen LogP contribution in [0.1, 0.15) is 18.4 Å². The van der Waals surface area contributed by atoms with Gasteiger partial charge in [-0.1, -0.05) is 0 Å². The predicted octanol–water partition coefficient (Wildman–Crippen LogP) is 1.10.